The Morgan fingerprint density at radius 1 is 1.44 bits per heavy atom. The van der Waals surface area contributed by atoms with Gasteiger partial charge < -0.3 is 11.1 Å². The zero-order chi connectivity index (χ0) is 13.4. The second kappa shape index (κ2) is 7.69. The minimum absolute atomic E-state index is 0.120. The van der Waals surface area contributed by atoms with Crippen molar-refractivity contribution in [2.24, 2.45) is 5.92 Å². The number of hydrogen-bond acceptors (Lipinski definition) is 3. The maximum Gasteiger partial charge on any atom is 0.269 e. The number of anilines is 1. The molecule has 0 aliphatic carbocycles. The van der Waals surface area contributed by atoms with Gasteiger partial charge in [-0.15, -0.1) is 0 Å². The Kier molecular flexibility index (Phi) is 6.19. The van der Waals surface area contributed by atoms with Crippen LogP contribution in [0.1, 0.15) is 50.0 Å². The minimum Gasteiger partial charge on any atom is -0.397 e. The van der Waals surface area contributed by atoms with Crippen LogP contribution >= 0.6 is 0 Å². The normalized spacial score (nSPS) is 12.1. The average Bonchev–Trinajstić information content (AvgIpc) is 2.39. The van der Waals surface area contributed by atoms with E-state index >= 15 is 0 Å². The van der Waals surface area contributed by atoms with Crippen LogP contribution in [0.15, 0.2) is 18.3 Å². The summed E-state index contributed by atoms with van der Waals surface area (Å²) in [6.07, 6.45) is 6.18. The molecule has 1 aromatic heterocycles. The molecule has 0 radical (unpaired) electrons. The van der Waals surface area contributed by atoms with E-state index in [1.165, 1.54) is 25.5 Å². The van der Waals surface area contributed by atoms with Gasteiger partial charge in [0, 0.05) is 6.54 Å². The summed E-state index contributed by atoms with van der Waals surface area (Å²) in [5, 5.41) is 2.94. The van der Waals surface area contributed by atoms with Crippen molar-refractivity contribution in [1.29, 1.82) is 0 Å². The standard InChI is InChI=1S/C14H23N3O/c1-3-5-6-11(4-2)9-17-14(18)13-8-7-12(15)10-16-13/h7-8,10-11H,3-6,9,15H2,1-2H3,(H,17,18). The van der Waals surface area contributed by atoms with Crippen LogP contribution in [0.5, 0.6) is 0 Å². The van der Waals surface area contributed by atoms with Gasteiger partial charge in [-0.25, -0.2) is 4.98 Å². The summed E-state index contributed by atoms with van der Waals surface area (Å²) in [6, 6.07) is 3.34. The van der Waals surface area contributed by atoms with E-state index in [0.717, 1.165) is 13.0 Å². The van der Waals surface area contributed by atoms with Crippen LogP contribution in [0.2, 0.25) is 0 Å². The monoisotopic (exact) mass is 249 g/mol. The highest BCUT2D eigenvalue weighted by Gasteiger charge is 2.10. The fourth-order valence-electron chi connectivity index (χ4n) is 1.81. The predicted octanol–water partition coefficient (Wildman–Crippen LogP) is 2.61. The summed E-state index contributed by atoms with van der Waals surface area (Å²) in [5.74, 6) is 0.438. The van der Waals surface area contributed by atoms with Crippen molar-refractivity contribution in [2.75, 3.05) is 12.3 Å². The lowest BCUT2D eigenvalue weighted by Gasteiger charge is -2.15. The predicted molar refractivity (Wildman–Crippen MR) is 74.3 cm³/mol. The average molecular weight is 249 g/mol. The minimum atomic E-state index is -0.120. The second-order valence-electron chi connectivity index (χ2n) is 4.60. The molecule has 0 aliphatic heterocycles. The number of pyridine rings is 1. The number of unbranched alkanes of at least 4 members (excludes halogenated alkanes) is 1. The Labute approximate surface area is 109 Å². The first-order valence-corrected chi connectivity index (χ1v) is 6.67. The molecule has 3 N–H and O–H groups in total. The van der Waals surface area contributed by atoms with Gasteiger partial charge in [0.05, 0.1) is 11.9 Å². The van der Waals surface area contributed by atoms with Crippen LogP contribution in [-0.4, -0.2) is 17.4 Å². The number of rotatable bonds is 7. The summed E-state index contributed by atoms with van der Waals surface area (Å²) in [5.41, 5.74) is 6.53. The van der Waals surface area contributed by atoms with E-state index in [9.17, 15) is 4.79 Å². The quantitative estimate of drug-likeness (QED) is 0.780. The lowest BCUT2D eigenvalue weighted by atomic mass is 9.99. The smallest absolute Gasteiger partial charge is 0.269 e. The highest BCUT2D eigenvalue weighted by molar-refractivity contribution is 5.92. The molecule has 0 saturated heterocycles. The number of carbonyl (C=O) groups is 1. The maximum absolute atomic E-state index is 11.8. The van der Waals surface area contributed by atoms with Gasteiger partial charge >= 0.3 is 0 Å². The van der Waals surface area contributed by atoms with Gasteiger partial charge in [0.25, 0.3) is 5.91 Å². The van der Waals surface area contributed by atoms with Crippen LogP contribution in [0.25, 0.3) is 0 Å². The third-order valence-electron chi connectivity index (χ3n) is 3.11. The molecule has 0 aliphatic rings. The Hall–Kier alpha value is -1.58. The van der Waals surface area contributed by atoms with Gasteiger partial charge in [-0.2, -0.15) is 0 Å². The zero-order valence-electron chi connectivity index (χ0n) is 11.3. The summed E-state index contributed by atoms with van der Waals surface area (Å²) in [4.78, 5) is 15.8. The lowest BCUT2D eigenvalue weighted by Crippen LogP contribution is -2.29. The molecule has 0 fully saturated rings. The summed E-state index contributed by atoms with van der Waals surface area (Å²) in [6.45, 7) is 5.07. The van der Waals surface area contributed by atoms with Gasteiger partial charge in [0.1, 0.15) is 5.69 Å². The third-order valence-corrected chi connectivity index (χ3v) is 3.11. The topological polar surface area (TPSA) is 68.0 Å². The van der Waals surface area contributed by atoms with Gasteiger partial charge in [0.2, 0.25) is 0 Å². The van der Waals surface area contributed by atoms with E-state index in [4.69, 9.17) is 5.73 Å². The third kappa shape index (κ3) is 4.73. The van der Waals surface area contributed by atoms with E-state index in [1.807, 2.05) is 0 Å². The number of nitrogens with one attached hydrogen (secondary N) is 1. The van der Waals surface area contributed by atoms with Crippen molar-refractivity contribution >= 4 is 11.6 Å². The molecule has 0 bridgehead atoms. The summed E-state index contributed by atoms with van der Waals surface area (Å²) in [7, 11) is 0. The van der Waals surface area contributed by atoms with Crippen molar-refractivity contribution in [3.8, 4) is 0 Å². The van der Waals surface area contributed by atoms with Crippen molar-refractivity contribution in [3.63, 3.8) is 0 Å². The Bertz CT molecular complexity index is 362. The van der Waals surface area contributed by atoms with Gasteiger partial charge in [-0.05, 0) is 24.5 Å². The molecule has 4 heteroatoms. The fraction of sp³-hybridized carbons (Fsp3) is 0.571. The van der Waals surface area contributed by atoms with Crippen molar-refractivity contribution in [1.82, 2.24) is 10.3 Å². The van der Waals surface area contributed by atoms with Gasteiger partial charge in [-0.3, -0.25) is 4.79 Å². The highest BCUT2D eigenvalue weighted by atomic mass is 16.1. The SMILES string of the molecule is CCCCC(CC)CNC(=O)c1ccc(N)cn1. The van der Waals surface area contributed by atoms with Crippen molar-refractivity contribution in [3.05, 3.63) is 24.0 Å². The number of amides is 1. The number of nitrogen functional groups attached to an aromatic ring is 1. The van der Waals surface area contributed by atoms with Crippen molar-refractivity contribution < 1.29 is 4.79 Å². The molecular formula is C14H23N3O. The Morgan fingerprint density at radius 3 is 2.78 bits per heavy atom. The largest absolute Gasteiger partial charge is 0.397 e. The van der Waals surface area contributed by atoms with E-state index < -0.39 is 0 Å². The number of nitrogens with two attached hydrogens (primary N) is 1. The highest BCUT2D eigenvalue weighted by Crippen LogP contribution is 2.11. The fourth-order valence-corrected chi connectivity index (χ4v) is 1.81. The lowest BCUT2D eigenvalue weighted by molar-refractivity contribution is 0.0941. The molecule has 0 spiro atoms. The molecule has 0 aromatic carbocycles. The van der Waals surface area contributed by atoms with E-state index in [-0.39, 0.29) is 5.91 Å². The van der Waals surface area contributed by atoms with Gasteiger partial charge in [0.15, 0.2) is 0 Å². The number of nitrogens with zero attached hydrogens (tertiary/aromatic N) is 1. The van der Waals surface area contributed by atoms with Crippen LogP contribution < -0.4 is 11.1 Å². The van der Waals surface area contributed by atoms with Crippen LogP contribution in [0, 0.1) is 5.92 Å². The molecule has 1 atom stereocenters. The molecule has 1 aromatic rings. The first kappa shape index (κ1) is 14.5. The number of hydrogen-bond donors (Lipinski definition) is 2. The molecule has 4 nitrogen and oxygen atoms in total. The molecule has 1 unspecified atom stereocenters. The number of carbonyl (C=O) groups excluding carboxylic acids is 1. The molecule has 0 saturated carbocycles. The molecule has 100 valence electrons. The number of aromatic nitrogens is 1. The molecule has 1 heterocycles. The molecular weight excluding hydrogens is 226 g/mol. The Balaban J connectivity index is 2.42. The van der Waals surface area contributed by atoms with Gasteiger partial charge in [-0.1, -0.05) is 33.1 Å². The Morgan fingerprint density at radius 2 is 2.22 bits per heavy atom. The zero-order valence-corrected chi connectivity index (χ0v) is 11.3. The van der Waals surface area contributed by atoms with Crippen LogP contribution in [0.4, 0.5) is 5.69 Å². The molecule has 18 heavy (non-hydrogen) atoms. The molecule has 1 amide bonds. The molecule has 1 rings (SSSR count). The van der Waals surface area contributed by atoms with Crippen molar-refractivity contribution in [2.45, 2.75) is 39.5 Å². The van der Waals surface area contributed by atoms with E-state index in [2.05, 4.69) is 24.1 Å². The first-order chi connectivity index (χ1) is 8.67. The second-order valence-corrected chi connectivity index (χ2v) is 4.60. The van der Waals surface area contributed by atoms with Crippen LogP contribution in [-0.2, 0) is 0 Å². The maximum atomic E-state index is 11.8. The first-order valence-electron chi connectivity index (χ1n) is 6.67. The van der Waals surface area contributed by atoms with E-state index in [0.29, 0.717) is 17.3 Å². The summed E-state index contributed by atoms with van der Waals surface area (Å²) < 4.78 is 0. The van der Waals surface area contributed by atoms with E-state index in [1.54, 1.807) is 12.1 Å². The summed E-state index contributed by atoms with van der Waals surface area (Å²) >= 11 is 0. The van der Waals surface area contributed by atoms with Crippen LogP contribution in [0.3, 0.4) is 0 Å².